The number of nitrogens with one attached hydrogen (secondary N) is 2. The Bertz CT molecular complexity index is 728. The Kier molecular flexibility index (Phi) is 5.47. The van der Waals surface area contributed by atoms with Crippen LogP contribution in [0.1, 0.15) is 10.4 Å². The zero-order chi connectivity index (χ0) is 17.0. The van der Waals surface area contributed by atoms with Crippen LogP contribution in [0.15, 0.2) is 42.5 Å². The van der Waals surface area contributed by atoms with Gasteiger partial charge >= 0.3 is 6.03 Å². The Balaban J connectivity index is 2.08. The molecular weight excluding hydrogens is 337 g/mol. The second kappa shape index (κ2) is 7.35. The molecule has 2 aromatic carbocycles. The van der Waals surface area contributed by atoms with Gasteiger partial charge in [-0.25, -0.2) is 4.79 Å². The van der Waals surface area contributed by atoms with E-state index in [4.69, 9.17) is 23.2 Å². The summed E-state index contributed by atoms with van der Waals surface area (Å²) in [5, 5.41) is 6.13. The summed E-state index contributed by atoms with van der Waals surface area (Å²) < 4.78 is 0. The van der Waals surface area contributed by atoms with Crippen LogP contribution in [-0.2, 0) is 0 Å². The minimum absolute atomic E-state index is 0.143. The highest BCUT2D eigenvalue weighted by Crippen LogP contribution is 2.22. The highest BCUT2D eigenvalue weighted by molar-refractivity contribution is 6.35. The maximum Gasteiger partial charge on any atom is 0.323 e. The van der Waals surface area contributed by atoms with Gasteiger partial charge in [-0.05, 0) is 36.4 Å². The van der Waals surface area contributed by atoms with Gasteiger partial charge in [-0.1, -0.05) is 29.3 Å². The normalized spacial score (nSPS) is 10.1. The highest BCUT2D eigenvalue weighted by atomic mass is 35.5. The molecule has 0 saturated heterocycles. The molecule has 2 rings (SSSR count). The molecule has 0 aliphatic rings. The maximum absolute atomic E-state index is 12.0. The van der Waals surface area contributed by atoms with E-state index in [1.54, 1.807) is 56.6 Å². The molecule has 0 aliphatic heterocycles. The number of benzene rings is 2. The lowest BCUT2D eigenvalue weighted by Gasteiger charge is -2.12. The van der Waals surface area contributed by atoms with Crippen LogP contribution in [0.2, 0.25) is 10.0 Å². The third kappa shape index (κ3) is 4.87. The van der Waals surface area contributed by atoms with Crippen LogP contribution in [-0.4, -0.2) is 30.9 Å². The van der Waals surface area contributed by atoms with E-state index in [1.165, 1.54) is 4.90 Å². The number of urea groups is 1. The van der Waals surface area contributed by atoms with E-state index in [9.17, 15) is 9.59 Å². The number of hydrogen-bond acceptors (Lipinski definition) is 2. The molecule has 2 N–H and O–H groups in total. The summed E-state index contributed by atoms with van der Waals surface area (Å²) in [6.45, 7) is 0. The van der Waals surface area contributed by atoms with Crippen molar-refractivity contribution in [1.82, 2.24) is 4.90 Å². The van der Waals surface area contributed by atoms with Gasteiger partial charge in [-0.3, -0.25) is 4.79 Å². The van der Waals surface area contributed by atoms with Crippen molar-refractivity contribution >= 4 is 46.5 Å². The molecule has 0 radical (unpaired) electrons. The Hall–Kier alpha value is -2.24. The average Bonchev–Trinajstić information content (AvgIpc) is 2.45. The number of carbonyl (C=O) groups is 2. The predicted octanol–water partition coefficient (Wildman–Crippen LogP) is 4.34. The van der Waals surface area contributed by atoms with Crippen molar-refractivity contribution in [2.45, 2.75) is 0 Å². The number of amides is 3. The van der Waals surface area contributed by atoms with Crippen molar-refractivity contribution in [2.75, 3.05) is 24.7 Å². The molecule has 0 saturated carbocycles. The molecule has 23 heavy (non-hydrogen) atoms. The van der Waals surface area contributed by atoms with E-state index < -0.39 is 6.03 Å². The molecule has 0 aliphatic carbocycles. The molecule has 0 unspecified atom stereocenters. The first-order chi connectivity index (χ1) is 10.8. The van der Waals surface area contributed by atoms with E-state index in [-0.39, 0.29) is 5.91 Å². The van der Waals surface area contributed by atoms with Crippen LogP contribution in [0, 0.1) is 0 Å². The summed E-state index contributed by atoms with van der Waals surface area (Å²) >= 11 is 11.8. The van der Waals surface area contributed by atoms with Crippen molar-refractivity contribution in [3.8, 4) is 0 Å². The van der Waals surface area contributed by atoms with E-state index >= 15 is 0 Å². The van der Waals surface area contributed by atoms with Gasteiger partial charge in [-0.15, -0.1) is 0 Å². The summed E-state index contributed by atoms with van der Waals surface area (Å²) in [6.07, 6.45) is 0. The Morgan fingerprint density at radius 2 is 1.52 bits per heavy atom. The third-order valence-electron chi connectivity index (χ3n) is 2.89. The predicted molar refractivity (Wildman–Crippen MR) is 93.6 cm³/mol. The number of rotatable bonds is 3. The zero-order valence-electron chi connectivity index (χ0n) is 12.6. The van der Waals surface area contributed by atoms with Crippen LogP contribution >= 0.6 is 23.2 Å². The summed E-state index contributed by atoms with van der Waals surface area (Å²) in [5.74, 6) is -0.143. The quantitative estimate of drug-likeness (QED) is 0.863. The highest BCUT2D eigenvalue weighted by Gasteiger charge is 2.10. The lowest BCUT2D eigenvalue weighted by molar-refractivity contribution is 0.0827. The fourth-order valence-corrected chi connectivity index (χ4v) is 2.43. The molecule has 0 bridgehead atoms. The molecule has 120 valence electrons. The van der Waals surface area contributed by atoms with Gasteiger partial charge in [0.1, 0.15) is 0 Å². The summed E-state index contributed by atoms with van der Waals surface area (Å²) in [5.41, 5.74) is 1.46. The molecule has 0 spiro atoms. The van der Waals surface area contributed by atoms with Crippen molar-refractivity contribution in [3.63, 3.8) is 0 Å². The smallest absolute Gasteiger partial charge is 0.323 e. The fraction of sp³-hybridized carbons (Fsp3) is 0.125. The second-order valence-corrected chi connectivity index (χ2v) is 5.89. The van der Waals surface area contributed by atoms with E-state index in [0.717, 1.165) is 0 Å². The molecule has 0 fully saturated rings. The number of anilines is 2. The first kappa shape index (κ1) is 17.1. The first-order valence-corrected chi connectivity index (χ1v) is 7.46. The van der Waals surface area contributed by atoms with Crippen molar-refractivity contribution in [1.29, 1.82) is 0 Å². The zero-order valence-corrected chi connectivity index (χ0v) is 14.1. The molecule has 7 heteroatoms. The van der Waals surface area contributed by atoms with Crippen LogP contribution in [0.4, 0.5) is 16.2 Å². The summed E-state index contributed by atoms with van der Waals surface area (Å²) in [7, 11) is 3.33. The van der Waals surface area contributed by atoms with Gasteiger partial charge < -0.3 is 15.5 Å². The molecule has 2 aromatic rings. The molecule has 0 aromatic heterocycles. The van der Waals surface area contributed by atoms with E-state index in [2.05, 4.69) is 10.6 Å². The SMILES string of the molecule is CN(C)C(=O)c1cccc(NC(=O)Nc2cc(Cl)cc(Cl)c2)c1. The standard InChI is InChI=1S/C16H15Cl2N3O2/c1-21(2)15(22)10-4-3-5-13(6-10)19-16(23)20-14-8-11(17)7-12(18)9-14/h3-9H,1-2H3,(H2,19,20,23). The number of halogens is 2. The first-order valence-electron chi connectivity index (χ1n) is 6.71. The number of carbonyl (C=O) groups excluding carboxylic acids is 2. The lowest BCUT2D eigenvalue weighted by atomic mass is 10.2. The van der Waals surface area contributed by atoms with Crippen LogP contribution in [0.25, 0.3) is 0 Å². The Labute approximate surface area is 144 Å². The van der Waals surface area contributed by atoms with E-state index in [0.29, 0.717) is 27.0 Å². The summed E-state index contributed by atoms with van der Waals surface area (Å²) in [4.78, 5) is 25.4. The van der Waals surface area contributed by atoms with Crippen molar-refractivity contribution in [2.24, 2.45) is 0 Å². The van der Waals surface area contributed by atoms with Gasteiger partial charge in [-0.2, -0.15) is 0 Å². The van der Waals surface area contributed by atoms with Crippen LogP contribution in [0.5, 0.6) is 0 Å². The van der Waals surface area contributed by atoms with Crippen molar-refractivity contribution < 1.29 is 9.59 Å². The number of nitrogens with zero attached hydrogens (tertiary/aromatic N) is 1. The van der Waals surface area contributed by atoms with Crippen LogP contribution < -0.4 is 10.6 Å². The topological polar surface area (TPSA) is 61.4 Å². The minimum Gasteiger partial charge on any atom is -0.345 e. The monoisotopic (exact) mass is 351 g/mol. The molecule has 3 amide bonds. The largest absolute Gasteiger partial charge is 0.345 e. The van der Waals surface area contributed by atoms with Crippen LogP contribution in [0.3, 0.4) is 0 Å². The molecule has 0 atom stereocenters. The number of hydrogen-bond donors (Lipinski definition) is 2. The van der Waals surface area contributed by atoms with Gasteiger partial charge in [0.25, 0.3) is 5.91 Å². The van der Waals surface area contributed by atoms with E-state index in [1.807, 2.05) is 0 Å². The maximum atomic E-state index is 12.0. The molecule has 5 nitrogen and oxygen atoms in total. The Morgan fingerprint density at radius 1 is 0.913 bits per heavy atom. The summed E-state index contributed by atoms with van der Waals surface area (Å²) in [6, 6.07) is 11.0. The molecular formula is C16H15Cl2N3O2. The lowest BCUT2D eigenvalue weighted by Crippen LogP contribution is -2.22. The minimum atomic E-state index is -0.460. The van der Waals surface area contributed by atoms with Crippen molar-refractivity contribution in [3.05, 3.63) is 58.1 Å². The average molecular weight is 352 g/mol. The fourth-order valence-electron chi connectivity index (χ4n) is 1.91. The molecule has 0 heterocycles. The van der Waals surface area contributed by atoms with Gasteiger partial charge in [0.2, 0.25) is 0 Å². The third-order valence-corrected chi connectivity index (χ3v) is 3.33. The Morgan fingerprint density at radius 3 is 2.13 bits per heavy atom. The van der Waals surface area contributed by atoms with Gasteiger partial charge in [0, 0.05) is 41.1 Å². The second-order valence-electron chi connectivity index (χ2n) is 5.02. The van der Waals surface area contributed by atoms with Gasteiger partial charge in [0.05, 0.1) is 0 Å². The van der Waals surface area contributed by atoms with Gasteiger partial charge in [0.15, 0.2) is 0 Å².